The van der Waals surface area contributed by atoms with Crippen molar-refractivity contribution in [3.8, 4) is 0 Å². The number of sulfone groups is 1. The van der Waals surface area contributed by atoms with Crippen molar-refractivity contribution < 1.29 is 13.2 Å². The number of rotatable bonds is 7. The molecular formula is C17H23N3O3S. The summed E-state index contributed by atoms with van der Waals surface area (Å²) in [6, 6.07) is 8.17. The van der Waals surface area contributed by atoms with Gasteiger partial charge in [-0.1, -0.05) is 19.1 Å². The van der Waals surface area contributed by atoms with Crippen LogP contribution in [-0.4, -0.2) is 35.9 Å². The van der Waals surface area contributed by atoms with Crippen LogP contribution in [0.5, 0.6) is 0 Å². The van der Waals surface area contributed by atoms with Gasteiger partial charge in [-0.05, 0) is 38.0 Å². The van der Waals surface area contributed by atoms with Crippen LogP contribution in [0.25, 0.3) is 0 Å². The highest BCUT2D eigenvalue weighted by atomic mass is 32.2. The molecule has 0 saturated carbocycles. The summed E-state index contributed by atoms with van der Waals surface area (Å²) in [6.45, 7) is 6.33. The Morgan fingerprint density at radius 3 is 2.54 bits per heavy atom. The van der Waals surface area contributed by atoms with Gasteiger partial charge in [0.05, 0.1) is 15.7 Å². The molecule has 2 rings (SSSR count). The van der Waals surface area contributed by atoms with Crippen LogP contribution in [0.3, 0.4) is 0 Å². The Balaban J connectivity index is 2.08. The van der Waals surface area contributed by atoms with Gasteiger partial charge in [0.1, 0.15) is 0 Å². The highest BCUT2D eigenvalue weighted by Crippen LogP contribution is 2.20. The molecule has 0 saturated heterocycles. The maximum atomic E-state index is 12.4. The van der Waals surface area contributed by atoms with Crippen LogP contribution in [0.4, 0.5) is 0 Å². The molecule has 0 bridgehead atoms. The smallest absolute Gasteiger partial charge is 0.252 e. The number of aromatic nitrogens is 2. The lowest BCUT2D eigenvalue weighted by Crippen LogP contribution is -2.31. The number of nitrogens with zero attached hydrogens (tertiary/aromatic N) is 2. The molecule has 1 aromatic heterocycles. The molecule has 1 N–H and O–H groups in total. The molecule has 1 amide bonds. The van der Waals surface area contributed by atoms with E-state index in [1.165, 1.54) is 6.07 Å². The number of nitrogens with one attached hydrogen (secondary N) is 1. The van der Waals surface area contributed by atoms with Crippen LogP contribution in [0.2, 0.25) is 0 Å². The Morgan fingerprint density at radius 1 is 1.21 bits per heavy atom. The van der Waals surface area contributed by atoms with E-state index >= 15 is 0 Å². The van der Waals surface area contributed by atoms with Crippen molar-refractivity contribution in [1.82, 2.24) is 15.1 Å². The molecular weight excluding hydrogens is 326 g/mol. The minimum Gasteiger partial charge on any atom is -0.352 e. The van der Waals surface area contributed by atoms with Crippen molar-refractivity contribution in [1.29, 1.82) is 0 Å². The number of carbonyl (C=O) groups excluding carboxylic acids is 1. The Morgan fingerprint density at radius 2 is 1.92 bits per heavy atom. The lowest BCUT2D eigenvalue weighted by Gasteiger charge is -2.15. The van der Waals surface area contributed by atoms with Crippen molar-refractivity contribution in [2.24, 2.45) is 5.92 Å². The topological polar surface area (TPSA) is 81.1 Å². The van der Waals surface area contributed by atoms with E-state index in [9.17, 15) is 13.2 Å². The Hall–Kier alpha value is -2.15. The van der Waals surface area contributed by atoms with Crippen LogP contribution < -0.4 is 5.32 Å². The van der Waals surface area contributed by atoms with Crippen molar-refractivity contribution >= 4 is 15.7 Å². The zero-order chi connectivity index (χ0) is 17.7. The van der Waals surface area contributed by atoms with E-state index in [1.54, 1.807) is 42.9 Å². The first-order chi connectivity index (χ1) is 11.3. The third-order valence-corrected chi connectivity index (χ3v) is 5.94. The lowest BCUT2D eigenvalue weighted by molar-refractivity contribution is 0.0943. The molecule has 0 aliphatic rings. The lowest BCUT2D eigenvalue weighted by atomic mass is 10.1. The Labute approximate surface area is 142 Å². The van der Waals surface area contributed by atoms with E-state index in [4.69, 9.17) is 0 Å². The predicted molar refractivity (Wildman–Crippen MR) is 92.5 cm³/mol. The molecule has 0 aliphatic heterocycles. The minimum absolute atomic E-state index is 0.0808. The zero-order valence-corrected chi connectivity index (χ0v) is 15.0. The van der Waals surface area contributed by atoms with E-state index in [0.29, 0.717) is 13.1 Å². The molecule has 1 heterocycles. The Kier molecular flexibility index (Phi) is 5.77. The second kappa shape index (κ2) is 7.61. The van der Waals surface area contributed by atoms with E-state index in [2.05, 4.69) is 10.4 Å². The van der Waals surface area contributed by atoms with Crippen LogP contribution in [0, 0.1) is 5.92 Å². The van der Waals surface area contributed by atoms with Crippen LogP contribution >= 0.6 is 0 Å². The number of hydrogen-bond acceptors (Lipinski definition) is 4. The van der Waals surface area contributed by atoms with Crippen LogP contribution in [0.1, 0.15) is 31.1 Å². The standard InChI is InChI=1S/C17H23N3O3S/c1-13(2)24(22,23)16-8-5-4-7-15(16)17(21)18-11-14(3)12-20-10-6-9-19-20/h4-10,13-14H,11-12H2,1-3H3,(H,18,21). The average molecular weight is 349 g/mol. The number of amides is 1. The van der Waals surface area contributed by atoms with Crippen molar-refractivity contribution in [3.05, 3.63) is 48.3 Å². The number of carbonyl (C=O) groups is 1. The average Bonchev–Trinajstić information content (AvgIpc) is 3.05. The fraction of sp³-hybridized carbons (Fsp3) is 0.412. The first kappa shape index (κ1) is 18.2. The molecule has 0 radical (unpaired) electrons. The number of hydrogen-bond donors (Lipinski definition) is 1. The predicted octanol–water partition coefficient (Wildman–Crippen LogP) is 2.13. The highest BCUT2D eigenvalue weighted by molar-refractivity contribution is 7.92. The second-order valence-electron chi connectivity index (χ2n) is 6.13. The molecule has 7 heteroatoms. The van der Waals surface area contributed by atoms with Gasteiger partial charge in [-0.15, -0.1) is 0 Å². The SMILES string of the molecule is CC(CNC(=O)c1ccccc1S(=O)(=O)C(C)C)Cn1cccn1. The van der Waals surface area contributed by atoms with Gasteiger partial charge in [-0.25, -0.2) is 8.42 Å². The van der Waals surface area contributed by atoms with Gasteiger partial charge in [0, 0.05) is 25.5 Å². The third-order valence-electron chi connectivity index (χ3n) is 3.73. The van der Waals surface area contributed by atoms with E-state index < -0.39 is 15.1 Å². The summed E-state index contributed by atoms with van der Waals surface area (Å²) in [5.74, 6) is -0.204. The minimum atomic E-state index is -3.51. The fourth-order valence-electron chi connectivity index (χ4n) is 2.31. The molecule has 1 unspecified atom stereocenters. The van der Waals surface area contributed by atoms with Gasteiger partial charge >= 0.3 is 0 Å². The van der Waals surface area contributed by atoms with Gasteiger partial charge in [0.25, 0.3) is 5.91 Å². The highest BCUT2D eigenvalue weighted by Gasteiger charge is 2.25. The summed E-state index contributed by atoms with van der Waals surface area (Å²) in [5.41, 5.74) is 0.192. The monoisotopic (exact) mass is 349 g/mol. The summed E-state index contributed by atoms with van der Waals surface area (Å²) in [4.78, 5) is 12.5. The Bertz CT molecular complexity index is 783. The van der Waals surface area contributed by atoms with Gasteiger partial charge < -0.3 is 5.32 Å². The molecule has 0 spiro atoms. The quantitative estimate of drug-likeness (QED) is 0.830. The zero-order valence-electron chi connectivity index (χ0n) is 14.1. The van der Waals surface area contributed by atoms with E-state index in [-0.39, 0.29) is 22.3 Å². The van der Waals surface area contributed by atoms with Crippen molar-refractivity contribution in [2.45, 2.75) is 37.5 Å². The van der Waals surface area contributed by atoms with Gasteiger partial charge in [0.2, 0.25) is 0 Å². The third kappa shape index (κ3) is 4.23. The summed E-state index contributed by atoms with van der Waals surface area (Å²) in [5, 5.41) is 6.37. The van der Waals surface area contributed by atoms with E-state index in [0.717, 1.165) is 0 Å². The van der Waals surface area contributed by atoms with Gasteiger partial charge in [0.15, 0.2) is 9.84 Å². The maximum Gasteiger partial charge on any atom is 0.252 e. The molecule has 130 valence electrons. The molecule has 6 nitrogen and oxygen atoms in total. The van der Waals surface area contributed by atoms with Gasteiger partial charge in [-0.2, -0.15) is 5.10 Å². The van der Waals surface area contributed by atoms with Crippen LogP contribution in [0.15, 0.2) is 47.6 Å². The van der Waals surface area contributed by atoms with E-state index in [1.807, 2.05) is 19.2 Å². The molecule has 0 fully saturated rings. The van der Waals surface area contributed by atoms with Crippen LogP contribution in [-0.2, 0) is 16.4 Å². The first-order valence-corrected chi connectivity index (χ1v) is 9.45. The summed E-state index contributed by atoms with van der Waals surface area (Å²) in [6.07, 6.45) is 3.57. The first-order valence-electron chi connectivity index (χ1n) is 7.91. The largest absolute Gasteiger partial charge is 0.352 e. The summed E-state index contributed by atoms with van der Waals surface area (Å²) in [7, 11) is -3.51. The molecule has 1 aromatic carbocycles. The molecule has 1 atom stereocenters. The molecule has 0 aliphatic carbocycles. The van der Waals surface area contributed by atoms with Crippen molar-refractivity contribution in [3.63, 3.8) is 0 Å². The van der Waals surface area contributed by atoms with Crippen molar-refractivity contribution in [2.75, 3.05) is 6.54 Å². The molecule has 24 heavy (non-hydrogen) atoms. The second-order valence-corrected chi connectivity index (χ2v) is 8.61. The number of benzene rings is 1. The summed E-state index contributed by atoms with van der Waals surface area (Å²) < 4.78 is 26.6. The maximum absolute atomic E-state index is 12.4. The normalized spacial score (nSPS) is 13.0. The molecule has 2 aromatic rings. The summed E-state index contributed by atoms with van der Waals surface area (Å²) >= 11 is 0. The van der Waals surface area contributed by atoms with Gasteiger partial charge in [-0.3, -0.25) is 9.48 Å². The fourth-order valence-corrected chi connectivity index (χ4v) is 3.55.